The van der Waals surface area contributed by atoms with E-state index in [1.54, 1.807) is 11.3 Å². The highest BCUT2D eigenvalue weighted by atomic mass is 32.1. The van der Waals surface area contributed by atoms with Crippen LogP contribution in [0, 0.1) is 0 Å². The van der Waals surface area contributed by atoms with E-state index in [0.29, 0.717) is 0 Å². The Hall–Kier alpha value is -2.66. The summed E-state index contributed by atoms with van der Waals surface area (Å²) >= 11 is 1.73. The lowest BCUT2D eigenvalue weighted by Gasteiger charge is -2.09. The van der Waals surface area contributed by atoms with Gasteiger partial charge in [-0.25, -0.2) is 4.98 Å². The maximum Gasteiger partial charge on any atom is 0.135 e. The van der Waals surface area contributed by atoms with Crippen LogP contribution in [0.4, 0.5) is 11.5 Å². The lowest BCUT2D eigenvalue weighted by atomic mass is 10.1. The normalized spacial score (nSPS) is 11.1. The summed E-state index contributed by atoms with van der Waals surface area (Å²) in [6, 6.07) is 14.0. The molecule has 0 atom stereocenters. The Bertz CT molecular complexity index is 963. The highest BCUT2D eigenvalue weighted by molar-refractivity contribution is 7.18. The van der Waals surface area contributed by atoms with Crippen molar-refractivity contribution in [1.29, 1.82) is 0 Å². The molecule has 0 radical (unpaired) electrons. The van der Waals surface area contributed by atoms with Crippen molar-refractivity contribution in [3.8, 4) is 0 Å². The molecule has 4 aromatic rings. The Morgan fingerprint density at radius 3 is 2.91 bits per heavy atom. The van der Waals surface area contributed by atoms with E-state index in [-0.39, 0.29) is 0 Å². The van der Waals surface area contributed by atoms with Gasteiger partial charge in [0.25, 0.3) is 0 Å². The van der Waals surface area contributed by atoms with E-state index >= 15 is 0 Å². The van der Waals surface area contributed by atoms with Crippen molar-refractivity contribution in [1.82, 2.24) is 9.97 Å². The molecule has 114 valence electrons. The van der Waals surface area contributed by atoms with Crippen LogP contribution >= 0.6 is 11.3 Å². The third kappa shape index (κ3) is 2.71. The van der Waals surface area contributed by atoms with Crippen molar-refractivity contribution in [3.63, 3.8) is 0 Å². The number of rotatable bonds is 4. The summed E-state index contributed by atoms with van der Waals surface area (Å²) in [5.74, 6) is 0.912. The number of fused-ring (bicyclic) bond motifs is 3. The lowest BCUT2D eigenvalue weighted by molar-refractivity contribution is 0.957. The maximum absolute atomic E-state index is 5.90. The smallest absolute Gasteiger partial charge is 0.135 e. The number of aromatic nitrogens is 2. The molecular weight excluding hydrogens is 304 g/mol. The van der Waals surface area contributed by atoms with E-state index in [0.717, 1.165) is 46.5 Å². The Morgan fingerprint density at radius 1 is 1.09 bits per heavy atom. The number of pyridine rings is 2. The zero-order valence-corrected chi connectivity index (χ0v) is 13.3. The number of nitrogen functional groups attached to an aromatic ring is 1. The van der Waals surface area contributed by atoms with Gasteiger partial charge < -0.3 is 11.1 Å². The summed E-state index contributed by atoms with van der Waals surface area (Å²) in [6.45, 7) is 0.794. The molecule has 3 heterocycles. The van der Waals surface area contributed by atoms with Gasteiger partial charge in [-0.2, -0.15) is 0 Å². The quantitative estimate of drug-likeness (QED) is 0.556. The second-order valence-electron chi connectivity index (χ2n) is 5.40. The molecular formula is C18H16N4S. The predicted octanol–water partition coefficient (Wildman–Crippen LogP) is 4.08. The maximum atomic E-state index is 5.90. The fourth-order valence-electron chi connectivity index (χ4n) is 2.71. The Morgan fingerprint density at radius 2 is 2.04 bits per heavy atom. The van der Waals surface area contributed by atoms with Gasteiger partial charge in [-0.1, -0.05) is 6.07 Å². The fourth-order valence-corrected chi connectivity index (χ4v) is 3.64. The van der Waals surface area contributed by atoms with Gasteiger partial charge in [0.2, 0.25) is 0 Å². The van der Waals surface area contributed by atoms with Crippen molar-refractivity contribution < 1.29 is 0 Å². The molecule has 5 heteroatoms. The van der Waals surface area contributed by atoms with Gasteiger partial charge in [-0.15, -0.1) is 11.3 Å². The van der Waals surface area contributed by atoms with Crippen molar-refractivity contribution in [2.24, 2.45) is 0 Å². The highest BCUT2D eigenvalue weighted by Crippen LogP contribution is 2.34. The minimum Gasteiger partial charge on any atom is -0.399 e. The number of nitrogens with zero attached hydrogens (tertiary/aromatic N) is 2. The first-order chi connectivity index (χ1) is 11.3. The lowest BCUT2D eigenvalue weighted by Crippen LogP contribution is -2.07. The van der Waals surface area contributed by atoms with Gasteiger partial charge in [0, 0.05) is 46.0 Å². The molecule has 0 saturated carbocycles. The largest absolute Gasteiger partial charge is 0.399 e. The molecule has 0 aliphatic heterocycles. The van der Waals surface area contributed by atoms with Crippen LogP contribution < -0.4 is 11.1 Å². The molecule has 1 aromatic carbocycles. The average Bonchev–Trinajstić information content (AvgIpc) is 3.05. The second-order valence-corrected chi connectivity index (χ2v) is 6.31. The van der Waals surface area contributed by atoms with E-state index in [1.165, 1.54) is 4.70 Å². The highest BCUT2D eigenvalue weighted by Gasteiger charge is 2.09. The first-order valence-corrected chi connectivity index (χ1v) is 8.39. The van der Waals surface area contributed by atoms with E-state index in [1.807, 2.05) is 42.6 Å². The van der Waals surface area contributed by atoms with Crippen LogP contribution in [0.5, 0.6) is 0 Å². The molecule has 3 N–H and O–H groups in total. The Labute approximate surface area is 138 Å². The second kappa shape index (κ2) is 5.85. The van der Waals surface area contributed by atoms with Crippen LogP contribution in [0.25, 0.3) is 21.0 Å². The van der Waals surface area contributed by atoms with E-state index in [9.17, 15) is 0 Å². The van der Waals surface area contributed by atoms with Crippen LogP contribution in [0.3, 0.4) is 0 Å². The molecule has 23 heavy (non-hydrogen) atoms. The summed E-state index contributed by atoms with van der Waals surface area (Å²) in [5, 5.41) is 7.86. The molecule has 0 amide bonds. The minimum atomic E-state index is 0.736. The van der Waals surface area contributed by atoms with Gasteiger partial charge in [0.1, 0.15) is 5.82 Å². The average molecular weight is 320 g/mol. The Kier molecular flexibility index (Phi) is 3.55. The third-order valence-electron chi connectivity index (χ3n) is 3.82. The number of benzene rings is 1. The van der Waals surface area contributed by atoms with Crippen LogP contribution in [-0.2, 0) is 6.42 Å². The SMILES string of the molecule is Nc1ccc2c(c1)nc(NCCc1ccccn1)c1ccsc12. The van der Waals surface area contributed by atoms with Crippen molar-refractivity contribution in [2.45, 2.75) is 6.42 Å². The van der Waals surface area contributed by atoms with Crippen LogP contribution in [0.1, 0.15) is 5.69 Å². The van der Waals surface area contributed by atoms with E-state index in [4.69, 9.17) is 10.7 Å². The summed E-state index contributed by atoms with van der Waals surface area (Å²) in [7, 11) is 0. The molecule has 0 spiro atoms. The molecule has 0 fully saturated rings. The standard InChI is InChI=1S/C18H16N4S/c19-12-4-5-14-16(11-12)22-18(15-7-10-23-17(14)15)21-9-6-13-3-1-2-8-20-13/h1-5,7-8,10-11H,6,9,19H2,(H,21,22). The van der Waals surface area contributed by atoms with Crippen LogP contribution in [0.2, 0.25) is 0 Å². The summed E-state index contributed by atoms with van der Waals surface area (Å²) in [6.07, 6.45) is 2.69. The minimum absolute atomic E-state index is 0.736. The van der Waals surface area contributed by atoms with Gasteiger partial charge in [0.05, 0.1) is 5.52 Å². The predicted molar refractivity (Wildman–Crippen MR) is 98.0 cm³/mol. The molecule has 0 aliphatic rings. The zero-order valence-electron chi connectivity index (χ0n) is 12.5. The summed E-state index contributed by atoms with van der Waals surface area (Å²) < 4.78 is 1.25. The van der Waals surface area contributed by atoms with Crippen LogP contribution in [0.15, 0.2) is 54.0 Å². The molecule has 4 nitrogen and oxygen atoms in total. The zero-order chi connectivity index (χ0) is 15.6. The van der Waals surface area contributed by atoms with Crippen molar-refractivity contribution in [3.05, 3.63) is 59.7 Å². The number of anilines is 2. The summed E-state index contributed by atoms with van der Waals surface area (Å²) in [5.41, 5.74) is 8.65. The van der Waals surface area contributed by atoms with E-state index < -0.39 is 0 Å². The molecule has 0 unspecified atom stereocenters. The first-order valence-electron chi connectivity index (χ1n) is 7.51. The molecule has 3 aromatic heterocycles. The summed E-state index contributed by atoms with van der Waals surface area (Å²) in [4.78, 5) is 9.11. The topological polar surface area (TPSA) is 63.8 Å². The van der Waals surface area contributed by atoms with Gasteiger partial charge in [-0.3, -0.25) is 4.98 Å². The van der Waals surface area contributed by atoms with Gasteiger partial charge in [0.15, 0.2) is 0 Å². The Balaban J connectivity index is 1.66. The number of hydrogen-bond acceptors (Lipinski definition) is 5. The molecule has 0 aliphatic carbocycles. The van der Waals surface area contributed by atoms with Crippen molar-refractivity contribution in [2.75, 3.05) is 17.6 Å². The molecule has 0 saturated heterocycles. The van der Waals surface area contributed by atoms with Crippen molar-refractivity contribution >= 4 is 43.8 Å². The number of hydrogen-bond donors (Lipinski definition) is 2. The van der Waals surface area contributed by atoms with E-state index in [2.05, 4.69) is 21.7 Å². The number of thiophene rings is 1. The third-order valence-corrected chi connectivity index (χ3v) is 4.77. The fraction of sp³-hybridized carbons (Fsp3) is 0.111. The molecule has 4 rings (SSSR count). The first kappa shape index (κ1) is 14.0. The van der Waals surface area contributed by atoms with Gasteiger partial charge in [-0.05, 0) is 41.8 Å². The number of nitrogens with one attached hydrogen (secondary N) is 1. The number of nitrogens with two attached hydrogens (primary N) is 1. The van der Waals surface area contributed by atoms with Gasteiger partial charge >= 0.3 is 0 Å². The monoisotopic (exact) mass is 320 g/mol. The van der Waals surface area contributed by atoms with Crippen LogP contribution in [-0.4, -0.2) is 16.5 Å². The molecule has 0 bridgehead atoms.